The van der Waals surface area contributed by atoms with E-state index in [1.165, 1.54) is 10.1 Å². The van der Waals surface area contributed by atoms with Crippen molar-refractivity contribution >= 4 is 10.9 Å². The van der Waals surface area contributed by atoms with Crippen LogP contribution < -0.4 is 11.2 Å². The van der Waals surface area contributed by atoms with Crippen molar-refractivity contribution in [2.45, 2.75) is 26.4 Å². The number of benzene rings is 3. The zero-order valence-electron chi connectivity index (χ0n) is 16.0. The summed E-state index contributed by atoms with van der Waals surface area (Å²) in [6, 6.07) is 24.7. The van der Waals surface area contributed by atoms with Gasteiger partial charge >= 0.3 is 5.69 Å². The molecule has 0 amide bonds. The summed E-state index contributed by atoms with van der Waals surface area (Å²) in [5.41, 5.74) is 3.24. The van der Waals surface area contributed by atoms with E-state index < -0.39 is 0 Å². The van der Waals surface area contributed by atoms with Crippen molar-refractivity contribution in [3.63, 3.8) is 0 Å². The molecular formula is C24H22N2O2. The predicted octanol–water partition coefficient (Wildman–Crippen LogP) is 4.13. The van der Waals surface area contributed by atoms with Crippen LogP contribution in [0.25, 0.3) is 10.9 Å². The van der Waals surface area contributed by atoms with Gasteiger partial charge in [-0.25, -0.2) is 4.79 Å². The van der Waals surface area contributed by atoms with Gasteiger partial charge in [0.15, 0.2) is 0 Å². The monoisotopic (exact) mass is 370 g/mol. The molecule has 28 heavy (non-hydrogen) atoms. The van der Waals surface area contributed by atoms with Crippen molar-refractivity contribution in [1.82, 2.24) is 9.13 Å². The Hall–Kier alpha value is -3.40. The van der Waals surface area contributed by atoms with Gasteiger partial charge in [-0.15, -0.1) is 0 Å². The first-order valence-electron chi connectivity index (χ1n) is 9.41. The fraction of sp³-hybridized carbons (Fsp3) is 0.167. The maximum absolute atomic E-state index is 13.4. The zero-order valence-corrected chi connectivity index (χ0v) is 16.0. The predicted molar refractivity (Wildman–Crippen MR) is 113 cm³/mol. The number of nitrogens with zero attached hydrogens (tertiary/aromatic N) is 2. The molecule has 0 aliphatic rings. The number of aryl methyl sites for hydroxylation is 1. The van der Waals surface area contributed by atoms with E-state index in [4.69, 9.17) is 0 Å². The molecule has 1 unspecified atom stereocenters. The van der Waals surface area contributed by atoms with Crippen LogP contribution in [0.2, 0.25) is 0 Å². The highest BCUT2D eigenvalue weighted by atomic mass is 16.2. The van der Waals surface area contributed by atoms with Crippen molar-refractivity contribution in [2.75, 3.05) is 0 Å². The molecule has 0 spiro atoms. The fourth-order valence-corrected chi connectivity index (χ4v) is 3.59. The van der Waals surface area contributed by atoms with Gasteiger partial charge in [0.1, 0.15) is 0 Å². The number of aromatic nitrogens is 2. The Bertz CT molecular complexity index is 1240. The molecule has 0 fully saturated rings. The lowest BCUT2D eigenvalue weighted by molar-refractivity contribution is 0.550. The maximum Gasteiger partial charge on any atom is 0.332 e. The highest BCUT2D eigenvalue weighted by Gasteiger charge is 2.18. The second kappa shape index (κ2) is 7.31. The Balaban J connectivity index is 1.95. The lowest BCUT2D eigenvalue weighted by Crippen LogP contribution is -2.42. The van der Waals surface area contributed by atoms with E-state index in [-0.39, 0.29) is 17.3 Å². The number of para-hydroxylation sites is 1. The molecule has 0 N–H and O–H groups in total. The molecule has 4 nitrogen and oxygen atoms in total. The van der Waals surface area contributed by atoms with Crippen LogP contribution in [-0.2, 0) is 6.54 Å². The number of hydrogen-bond donors (Lipinski definition) is 0. The first kappa shape index (κ1) is 18.0. The van der Waals surface area contributed by atoms with Crippen LogP contribution in [0.1, 0.15) is 29.7 Å². The number of hydrogen-bond acceptors (Lipinski definition) is 2. The SMILES string of the molecule is Cc1ccc(Cn2c(=O)n(C(C)c3ccccc3)c(=O)c3ccccc32)cc1. The Morgan fingerprint density at radius 2 is 1.46 bits per heavy atom. The van der Waals surface area contributed by atoms with Crippen LogP contribution in [0.15, 0.2) is 88.5 Å². The number of rotatable bonds is 4. The molecule has 140 valence electrons. The number of fused-ring (bicyclic) bond motifs is 1. The van der Waals surface area contributed by atoms with Gasteiger partial charge in [0, 0.05) is 0 Å². The zero-order chi connectivity index (χ0) is 19.7. The first-order valence-corrected chi connectivity index (χ1v) is 9.41. The molecule has 4 heteroatoms. The quantitative estimate of drug-likeness (QED) is 0.542. The molecule has 1 heterocycles. The van der Waals surface area contributed by atoms with Gasteiger partial charge in [0.25, 0.3) is 5.56 Å². The Labute approximate surface area is 163 Å². The minimum absolute atomic E-state index is 0.253. The van der Waals surface area contributed by atoms with Crippen LogP contribution in [0.3, 0.4) is 0 Å². The van der Waals surface area contributed by atoms with Crippen molar-refractivity contribution in [1.29, 1.82) is 0 Å². The van der Waals surface area contributed by atoms with Crippen molar-refractivity contribution in [3.05, 3.63) is 116 Å². The average Bonchev–Trinajstić information content (AvgIpc) is 2.73. The smallest absolute Gasteiger partial charge is 0.289 e. The third-order valence-corrected chi connectivity index (χ3v) is 5.21. The van der Waals surface area contributed by atoms with Gasteiger partial charge in [-0.05, 0) is 37.1 Å². The van der Waals surface area contributed by atoms with E-state index in [1.54, 1.807) is 10.6 Å². The molecule has 0 saturated carbocycles. The van der Waals surface area contributed by atoms with Crippen molar-refractivity contribution in [3.8, 4) is 0 Å². The average molecular weight is 370 g/mol. The van der Waals surface area contributed by atoms with E-state index in [0.29, 0.717) is 17.4 Å². The standard InChI is InChI=1S/C24H22N2O2/c1-17-12-14-19(15-13-17)16-25-22-11-7-6-10-21(22)23(27)26(24(25)28)18(2)20-8-4-3-5-9-20/h3-15,18H,16H2,1-2H3. The van der Waals surface area contributed by atoms with Gasteiger partial charge < -0.3 is 0 Å². The highest BCUT2D eigenvalue weighted by molar-refractivity contribution is 5.78. The van der Waals surface area contributed by atoms with Gasteiger partial charge in [-0.2, -0.15) is 0 Å². The molecule has 0 aliphatic carbocycles. The molecule has 4 aromatic rings. The fourth-order valence-electron chi connectivity index (χ4n) is 3.59. The summed E-state index contributed by atoms with van der Waals surface area (Å²) in [7, 11) is 0. The van der Waals surface area contributed by atoms with Crippen LogP contribution in [-0.4, -0.2) is 9.13 Å². The summed E-state index contributed by atoms with van der Waals surface area (Å²) in [6.45, 7) is 4.34. The summed E-state index contributed by atoms with van der Waals surface area (Å²) in [4.78, 5) is 26.6. The summed E-state index contributed by atoms with van der Waals surface area (Å²) in [5, 5.41) is 0.553. The second-order valence-electron chi connectivity index (χ2n) is 7.13. The summed E-state index contributed by atoms with van der Waals surface area (Å²) in [6.07, 6.45) is 0. The molecule has 1 aromatic heterocycles. The lowest BCUT2D eigenvalue weighted by Gasteiger charge is -2.19. The Kier molecular flexibility index (Phi) is 4.70. The van der Waals surface area contributed by atoms with Gasteiger partial charge in [-0.1, -0.05) is 72.3 Å². The normalized spacial score (nSPS) is 12.2. The van der Waals surface area contributed by atoms with Gasteiger partial charge in [-0.3, -0.25) is 13.9 Å². The molecule has 0 bridgehead atoms. The van der Waals surface area contributed by atoms with Crippen molar-refractivity contribution in [2.24, 2.45) is 0 Å². The summed E-state index contributed by atoms with van der Waals surface area (Å²) in [5.74, 6) is 0. The molecule has 0 radical (unpaired) electrons. The van der Waals surface area contributed by atoms with Gasteiger partial charge in [0.05, 0.1) is 23.5 Å². The highest BCUT2D eigenvalue weighted by Crippen LogP contribution is 2.17. The maximum atomic E-state index is 13.4. The van der Waals surface area contributed by atoms with E-state index >= 15 is 0 Å². The molecule has 0 aliphatic heterocycles. The molecular weight excluding hydrogens is 348 g/mol. The molecule has 0 saturated heterocycles. The van der Waals surface area contributed by atoms with E-state index in [1.807, 2.05) is 86.6 Å². The van der Waals surface area contributed by atoms with Crippen molar-refractivity contribution < 1.29 is 0 Å². The minimum Gasteiger partial charge on any atom is -0.289 e. The van der Waals surface area contributed by atoms with Crippen LogP contribution in [0.5, 0.6) is 0 Å². The molecule has 3 aromatic carbocycles. The summed E-state index contributed by atoms with van der Waals surface area (Å²) < 4.78 is 3.06. The van der Waals surface area contributed by atoms with E-state index in [0.717, 1.165) is 11.1 Å². The van der Waals surface area contributed by atoms with E-state index in [9.17, 15) is 9.59 Å². The Morgan fingerprint density at radius 3 is 2.18 bits per heavy atom. The Morgan fingerprint density at radius 1 is 0.821 bits per heavy atom. The second-order valence-corrected chi connectivity index (χ2v) is 7.13. The van der Waals surface area contributed by atoms with Crippen LogP contribution in [0.4, 0.5) is 0 Å². The summed E-state index contributed by atoms with van der Waals surface area (Å²) >= 11 is 0. The molecule has 4 rings (SSSR count). The van der Waals surface area contributed by atoms with Crippen LogP contribution >= 0.6 is 0 Å². The molecule has 1 atom stereocenters. The minimum atomic E-state index is -0.352. The lowest BCUT2D eigenvalue weighted by atomic mass is 10.1. The topological polar surface area (TPSA) is 44.0 Å². The third kappa shape index (κ3) is 3.18. The van der Waals surface area contributed by atoms with Crippen LogP contribution in [0, 0.1) is 6.92 Å². The van der Waals surface area contributed by atoms with E-state index in [2.05, 4.69) is 0 Å². The largest absolute Gasteiger partial charge is 0.332 e. The first-order chi connectivity index (χ1) is 13.6. The van der Waals surface area contributed by atoms with Gasteiger partial charge in [0.2, 0.25) is 0 Å². The third-order valence-electron chi connectivity index (χ3n) is 5.21.